The Hall–Kier alpha value is 4.62. The fraction of sp³-hybridized carbons (Fsp3) is 0. The topological polar surface area (TPSA) is 115 Å². The van der Waals surface area contributed by atoms with Gasteiger partial charge >= 0.3 is 136 Å². The van der Waals surface area contributed by atoms with Crippen LogP contribution in [0.5, 0.6) is 0 Å². The van der Waals surface area contributed by atoms with Crippen molar-refractivity contribution < 1.29 is 24.7 Å². The molecule has 0 saturated carbocycles. The molecule has 0 N–H and O–H groups in total. The summed E-state index contributed by atoms with van der Waals surface area (Å²) in [5.74, 6) is 0. The zero-order valence-corrected chi connectivity index (χ0v) is 14.3. The van der Waals surface area contributed by atoms with Gasteiger partial charge < -0.3 is 24.7 Å². The number of hydrogen-bond donors (Lipinski definition) is 0. The molecule has 0 aromatic heterocycles. The fourth-order valence-corrected chi connectivity index (χ4v) is 0. The van der Waals surface area contributed by atoms with Crippen LogP contribution in [0.25, 0.3) is 0 Å². The van der Waals surface area contributed by atoms with Crippen LogP contribution in [0.15, 0.2) is 0 Å². The minimum atomic E-state index is -5.39. The summed E-state index contributed by atoms with van der Waals surface area (Å²) < 4.78 is 8.55. The first-order chi connectivity index (χ1) is 2.00. The molecule has 0 amide bonds. The molecule has 0 aromatic rings. The molecule has 10 heteroatoms. The van der Waals surface area contributed by atoms with Gasteiger partial charge in [-0.05, 0) is 0 Å². The Balaban J connectivity index is -0.00000000800. The van der Waals surface area contributed by atoms with Crippen molar-refractivity contribution in [2.45, 2.75) is 0 Å². The second-order valence-electron chi connectivity index (χ2n) is 0.447. The van der Waals surface area contributed by atoms with Crippen LogP contribution < -0.4 is 14.7 Å². The van der Waals surface area contributed by atoms with Gasteiger partial charge in [0.15, 0.2) is 0 Å². The molecule has 0 aliphatic carbocycles. The summed E-state index contributed by atoms with van der Waals surface area (Å²) in [6.45, 7) is 0. The van der Waals surface area contributed by atoms with Crippen molar-refractivity contribution in [2.75, 3.05) is 0 Å². The van der Waals surface area contributed by atoms with Gasteiger partial charge in [-0.3, -0.25) is 0 Å². The summed E-state index contributed by atoms with van der Waals surface area (Å²) in [5, 5.41) is 0. The van der Waals surface area contributed by atoms with Crippen molar-refractivity contribution >= 4 is 144 Å². The van der Waals surface area contributed by atoms with Crippen molar-refractivity contribution in [1.29, 1.82) is 0 Å². The van der Waals surface area contributed by atoms with Crippen molar-refractivity contribution in [3.05, 3.63) is 0 Å². The third-order valence-corrected chi connectivity index (χ3v) is 0. The Bertz CT molecular complexity index is 63.0. The van der Waals surface area contributed by atoms with Gasteiger partial charge in [-0.25, -0.2) is 0 Å². The molecule has 10 heavy (non-hydrogen) atoms. The molecule has 0 unspecified atom stereocenters. The van der Waals surface area contributed by atoms with Crippen LogP contribution in [-0.4, -0.2) is 136 Å². The summed E-state index contributed by atoms with van der Waals surface area (Å²) in [6, 6.07) is 0. The van der Waals surface area contributed by atoms with Gasteiger partial charge in [-0.15, -0.1) is 0 Å². The molecule has 5 nitrogen and oxygen atoms in total. The van der Waals surface area contributed by atoms with Crippen molar-refractivity contribution in [3.8, 4) is 0 Å². The molecular formula is Ca3MgO5P+3. The predicted octanol–water partition coefficient (Wildman–Crippen LogP) is -4.47. The van der Waals surface area contributed by atoms with Crippen LogP contribution in [0.2, 0.25) is 0 Å². The van der Waals surface area contributed by atoms with Crippen LogP contribution in [0.4, 0.5) is 0 Å². The maximum Gasteiger partial charge on any atom is 2.00 e. The first-order valence-electron chi connectivity index (χ1n) is 0.730. The molecule has 0 aliphatic rings. The maximum absolute atomic E-state index is 8.55. The average molecular weight is 256 g/mol. The van der Waals surface area contributed by atoms with E-state index in [1.54, 1.807) is 0 Å². The number of hydrogen-bond acceptors (Lipinski definition) is 4. The second kappa shape index (κ2) is 19.2. The van der Waals surface area contributed by atoms with Crippen molar-refractivity contribution in [2.24, 2.45) is 0 Å². The monoisotopic (exact) mass is 255 g/mol. The third-order valence-electron chi connectivity index (χ3n) is 0. The summed E-state index contributed by atoms with van der Waals surface area (Å²) >= 11 is 0. The zero-order valence-electron chi connectivity index (χ0n) is 5.32. The first-order valence-corrected chi connectivity index (χ1v) is 2.19. The molecule has 0 bridgehead atoms. The van der Waals surface area contributed by atoms with Crippen molar-refractivity contribution in [3.63, 3.8) is 0 Å². The first kappa shape index (κ1) is 36.5. The molecule has 0 heterocycles. The third kappa shape index (κ3) is 79.9. The van der Waals surface area contributed by atoms with E-state index >= 15 is 0 Å². The Kier molecular flexibility index (Phi) is 70.2. The predicted molar refractivity (Wildman–Crippen MR) is 31.3 cm³/mol. The van der Waals surface area contributed by atoms with Gasteiger partial charge in [0.1, 0.15) is 0 Å². The van der Waals surface area contributed by atoms with Crippen LogP contribution >= 0.6 is 7.82 Å². The molecule has 0 aliphatic heterocycles. The number of rotatable bonds is 0. The molecule has 0 saturated heterocycles. The summed E-state index contributed by atoms with van der Waals surface area (Å²) in [4.78, 5) is 25.6. The summed E-state index contributed by atoms with van der Waals surface area (Å²) in [7, 11) is -5.39. The second-order valence-corrected chi connectivity index (χ2v) is 1.34. The molecule has 0 fully saturated rings. The van der Waals surface area contributed by atoms with E-state index in [4.69, 9.17) is 19.2 Å². The van der Waals surface area contributed by atoms with Gasteiger partial charge in [-0.2, -0.15) is 7.82 Å². The largest absolute Gasteiger partial charge is 2.00 e. The van der Waals surface area contributed by atoms with Crippen LogP contribution in [0.1, 0.15) is 0 Å². The van der Waals surface area contributed by atoms with Gasteiger partial charge in [-0.1, -0.05) is 0 Å². The van der Waals surface area contributed by atoms with Crippen LogP contribution in [0, 0.1) is 0 Å². The van der Waals surface area contributed by atoms with E-state index in [0.717, 1.165) is 0 Å². The molecule has 0 rings (SSSR count). The molecule has 0 atom stereocenters. The average Bonchev–Trinajstić information content (AvgIpc) is 0.722. The molecule has 0 radical (unpaired) electrons. The van der Waals surface area contributed by atoms with E-state index in [1.165, 1.54) is 0 Å². The Morgan fingerprint density at radius 1 is 0.900 bits per heavy atom. The van der Waals surface area contributed by atoms with E-state index in [-0.39, 0.29) is 142 Å². The fourth-order valence-electron chi connectivity index (χ4n) is 0. The van der Waals surface area contributed by atoms with Gasteiger partial charge in [0, 0.05) is 0 Å². The Morgan fingerprint density at radius 2 is 0.900 bits per heavy atom. The van der Waals surface area contributed by atoms with E-state index < -0.39 is 7.82 Å². The molecule has 0 spiro atoms. The van der Waals surface area contributed by atoms with Crippen LogP contribution in [0.3, 0.4) is 0 Å². The number of phosphoric acid groups is 1. The van der Waals surface area contributed by atoms with Gasteiger partial charge in [0.25, 0.3) is 0 Å². The quantitative estimate of drug-likeness (QED) is 0.321. The summed E-state index contributed by atoms with van der Waals surface area (Å²) in [5.41, 5.74) is 0. The van der Waals surface area contributed by atoms with E-state index in [2.05, 4.69) is 0 Å². The van der Waals surface area contributed by atoms with Crippen molar-refractivity contribution in [1.82, 2.24) is 0 Å². The van der Waals surface area contributed by atoms with Gasteiger partial charge in [0.2, 0.25) is 0 Å². The maximum atomic E-state index is 8.55. The van der Waals surface area contributed by atoms with Crippen LogP contribution in [-0.2, 0) is 10.0 Å². The molecule has 0 aromatic carbocycles. The summed E-state index contributed by atoms with van der Waals surface area (Å²) in [6.07, 6.45) is 0. The Labute approximate surface area is 164 Å². The minimum absolute atomic E-state index is 0. The zero-order chi connectivity index (χ0) is 4.50. The Morgan fingerprint density at radius 3 is 0.900 bits per heavy atom. The van der Waals surface area contributed by atoms with E-state index in [0.29, 0.717) is 0 Å². The van der Waals surface area contributed by atoms with E-state index in [9.17, 15) is 0 Å². The van der Waals surface area contributed by atoms with E-state index in [1.807, 2.05) is 0 Å². The SMILES string of the molecule is O=P([O-])([O-])[O-].[Ca+2].[Ca+2].[Ca+2].[Mg+2].[O-2]. The standard InChI is InChI=1S/3Ca.Mg.H3O4P.O/c;;;;1-5(2,3)4;/h;;;;(H3,1,2,3,4);/q4*+2;;-2/p-3. The normalized spacial score (nSPS) is 5.90. The minimum Gasteiger partial charge on any atom is -2.00 e. The molecule has 40 valence electrons. The van der Waals surface area contributed by atoms with Gasteiger partial charge in [0.05, 0.1) is 0 Å². The smallest absolute Gasteiger partial charge is 2.00 e. The molecular weight excluding hydrogens is 256 g/mol.